The van der Waals surface area contributed by atoms with Crippen molar-refractivity contribution >= 4 is 67.1 Å². The predicted molar refractivity (Wildman–Crippen MR) is 103 cm³/mol. The number of amides is 1. The average molecular weight is 484 g/mol. The molecule has 1 unspecified atom stereocenters. The SMILES string of the molecule is CCC(C)(NC(=O)c1cc(Cl)c(N)c(C=NOC)c1)C(=O)C(Br)Br. The molecule has 132 valence electrons. The van der Waals surface area contributed by atoms with Gasteiger partial charge < -0.3 is 15.9 Å². The number of benzene rings is 1. The molecular weight excluding hydrogens is 465 g/mol. The highest BCUT2D eigenvalue weighted by Crippen LogP contribution is 2.26. The smallest absolute Gasteiger partial charge is 0.252 e. The summed E-state index contributed by atoms with van der Waals surface area (Å²) in [5, 5.41) is 6.58. The van der Waals surface area contributed by atoms with E-state index in [1.807, 2.05) is 6.92 Å². The van der Waals surface area contributed by atoms with Crippen molar-refractivity contribution in [2.45, 2.75) is 29.5 Å². The van der Waals surface area contributed by atoms with Crippen molar-refractivity contribution in [1.29, 1.82) is 0 Å². The largest absolute Gasteiger partial charge is 0.399 e. The van der Waals surface area contributed by atoms with Crippen molar-refractivity contribution in [3.63, 3.8) is 0 Å². The molecule has 0 saturated heterocycles. The molecule has 1 amide bonds. The number of carbonyl (C=O) groups is 2. The Kier molecular flexibility index (Phi) is 7.69. The van der Waals surface area contributed by atoms with Crippen molar-refractivity contribution < 1.29 is 14.4 Å². The summed E-state index contributed by atoms with van der Waals surface area (Å²) >= 11 is 12.4. The Morgan fingerprint density at radius 3 is 2.62 bits per heavy atom. The standard InChI is InChI=1S/C15H18Br2ClN3O3/c1-4-15(2,12(22)13(16)17)21-14(23)8-5-9(7-20-24-3)11(19)10(18)6-8/h5-7,13H,4,19H2,1-3H3,(H,21,23). The lowest BCUT2D eigenvalue weighted by atomic mass is 9.93. The number of halogens is 3. The van der Waals surface area contributed by atoms with Gasteiger partial charge in [-0.2, -0.15) is 0 Å². The quantitative estimate of drug-likeness (QED) is 0.269. The van der Waals surface area contributed by atoms with Crippen LogP contribution in [-0.2, 0) is 9.63 Å². The average Bonchev–Trinajstić information content (AvgIpc) is 2.54. The Bertz CT molecular complexity index is 668. The maximum atomic E-state index is 12.6. The van der Waals surface area contributed by atoms with Crippen LogP contribution >= 0.6 is 43.5 Å². The number of alkyl halides is 2. The van der Waals surface area contributed by atoms with Gasteiger partial charge in [-0.3, -0.25) is 9.59 Å². The fourth-order valence-corrected chi connectivity index (χ4v) is 3.11. The maximum absolute atomic E-state index is 12.6. The minimum Gasteiger partial charge on any atom is -0.399 e. The fraction of sp³-hybridized carbons (Fsp3) is 0.400. The third-order valence-corrected chi connectivity index (χ3v) is 4.70. The van der Waals surface area contributed by atoms with Gasteiger partial charge in [-0.15, -0.1) is 0 Å². The Labute approximate surface area is 162 Å². The second-order valence-corrected chi connectivity index (χ2v) is 8.65. The van der Waals surface area contributed by atoms with E-state index in [-0.39, 0.29) is 22.1 Å². The normalized spacial score (nSPS) is 13.8. The van der Waals surface area contributed by atoms with E-state index in [1.54, 1.807) is 6.92 Å². The highest BCUT2D eigenvalue weighted by Gasteiger charge is 2.36. The molecular formula is C15H18Br2ClN3O3. The maximum Gasteiger partial charge on any atom is 0.252 e. The summed E-state index contributed by atoms with van der Waals surface area (Å²) in [6, 6.07) is 2.97. The summed E-state index contributed by atoms with van der Waals surface area (Å²) in [6.07, 6.45) is 1.78. The molecule has 0 heterocycles. The van der Waals surface area contributed by atoms with E-state index >= 15 is 0 Å². The van der Waals surface area contributed by atoms with Crippen molar-refractivity contribution in [3.8, 4) is 0 Å². The fourth-order valence-electron chi connectivity index (χ4n) is 1.87. The van der Waals surface area contributed by atoms with E-state index in [0.717, 1.165) is 0 Å². The number of hydrogen-bond acceptors (Lipinski definition) is 5. The van der Waals surface area contributed by atoms with Gasteiger partial charge in [0.15, 0.2) is 5.78 Å². The van der Waals surface area contributed by atoms with Gasteiger partial charge >= 0.3 is 0 Å². The second-order valence-electron chi connectivity index (χ2n) is 5.18. The lowest BCUT2D eigenvalue weighted by Crippen LogP contribution is -2.53. The summed E-state index contributed by atoms with van der Waals surface area (Å²) in [7, 11) is 1.39. The monoisotopic (exact) mass is 481 g/mol. The number of oxime groups is 1. The zero-order valence-corrected chi connectivity index (χ0v) is 17.3. The van der Waals surface area contributed by atoms with E-state index in [2.05, 4.69) is 47.2 Å². The summed E-state index contributed by atoms with van der Waals surface area (Å²) in [6.45, 7) is 3.47. The molecule has 1 aromatic carbocycles. The first-order valence-electron chi connectivity index (χ1n) is 6.96. The minimum atomic E-state index is -1.04. The van der Waals surface area contributed by atoms with Gasteiger partial charge in [0.2, 0.25) is 0 Å². The number of carbonyl (C=O) groups excluding carboxylic acids is 2. The van der Waals surface area contributed by atoms with Crippen molar-refractivity contribution in [1.82, 2.24) is 5.32 Å². The van der Waals surface area contributed by atoms with Gasteiger partial charge in [0, 0.05) is 11.1 Å². The molecule has 24 heavy (non-hydrogen) atoms. The molecule has 0 aliphatic rings. The van der Waals surface area contributed by atoms with Gasteiger partial charge in [-0.05, 0) is 25.5 Å². The molecule has 0 radical (unpaired) electrons. The Morgan fingerprint density at radius 2 is 2.12 bits per heavy atom. The van der Waals surface area contributed by atoms with Crippen LogP contribution in [0.4, 0.5) is 5.69 Å². The van der Waals surface area contributed by atoms with Crippen LogP contribution in [0.5, 0.6) is 0 Å². The molecule has 9 heteroatoms. The topological polar surface area (TPSA) is 93.8 Å². The first kappa shape index (κ1) is 20.9. The molecule has 6 nitrogen and oxygen atoms in total. The molecule has 3 N–H and O–H groups in total. The molecule has 0 saturated carbocycles. The van der Waals surface area contributed by atoms with Crippen molar-refractivity contribution in [2.24, 2.45) is 5.16 Å². The van der Waals surface area contributed by atoms with Crippen LogP contribution in [0, 0.1) is 0 Å². The summed E-state index contributed by atoms with van der Waals surface area (Å²) in [5.41, 5.74) is 5.81. The highest BCUT2D eigenvalue weighted by molar-refractivity contribution is 9.25. The molecule has 0 bridgehead atoms. The Hall–Kier alpha value is -1.12. The van der Waals surface area contributed by atoms with Crippen molar-refractivity contribution in [3.05, 3.63) is 28.3 Å². The van der Waals surface area contributed by atoms with Crippen molar-refractivity contribution in [2.75, 3.05) is 12.8 Å². The lowest BCUT2D eigenvalue weighted by Gasteiger charge is -2.29. The minimum absolute atomic E-state index is 0.193. The number of rotatable bonds is 7. The molecule has 0 spiro atoms. The van der Waals surface area contributed by atoms with Gasteiger partial charge in [0.1, 0.15) is 10.8 Å². The first-order valence-corrected chi connectivity index (χ1v) is 9.17. The molecule has 0 aliphatic carbocycles. The number of anilines is 1. The molecule has 1 aromatic rings. The van der Waals surface area contributed by atoms with Crippen LogP contribution in [-0.4, -0.2) is 34.3 Å². The third kappa shape index (κ3) is 4.94. The van der Waals surface area contributed by atoms with Gasteiger partial charge in [0.25, 0.3) is 5.91 Å². The second kappa shape index (κ2) is 8.82. The Balaban J connectivity index is 3.17. The van der Waals surface area contributed by atoms with E-state index in [9.17, 15) is 9.59 Å². The molecule has 1 rings (SSSR count). The van der Waals surface area contributed by atoms with Gasteiger partial charge in [-0.1, -0.05) is 55.5 Å². The highest BCUT2D eigenvalue weighted by atomic mass is 79.9. The van der Waals surface area contributed by atoms with E-state index in [1.165, 1.54) is 25.5 Å². The van der Waals surface area contributed by atoms with Crippen LogP contribution in [0.2, 0.25) is 5.02 Å². The van der Waals surface area contributed by atoms with E-state index in [0.29, 0.717) is 12.0 Å². The zero-order chi connectivity index (χ0) is 18.5. The number of nitrogens with zero attached hydrogens (tertiary/aromatic N) is 1. The number of nitrogens with one attached hydrogen (secondary N) is 1. The Morgan fingerprint density at radius 1 is 1.50 bits per heavy atom. The van der Waals surface area contributed by atoms with Crippen LogP contribution in [0.3, 0.4) is 0 Å². The van der Waals surface area contributed by atoms with Crippen LogP contribution in [0.15, 0.2) is 17.3 Å². The van der Waals surface area contributed by atoms with Gasteiger partial charge in [0.05, 0.1) is 22.5 Å². The third-order valence-electron chi connectivity index (χ3n) is 3.56. The lowest BCUT2D eigenvalue weighted by molar-refractivity contribution is -0.122. The van der Waals surface area contributed by atoms with Crippen LogP contribution < -0.4 is 11.1 Å². The summed E-state index contributed by atoms with van der Waals surface area (Å²) in [5.74, 6) is -0.636. The van der Waals surface area contributed by atoms with Crippen LogP contribution in [0.25, 0.3) is 0 Å². The van der Waals surface area contributed by atoms with E-state index in [4.69, 9.17) is 17.3 Å². The number of nitrogens with two attached hydrogens (primary N) is 1. The molecule has 0 aliphatic heterocycles. The first-order chi connectivity index (χ1) is 11.2. The van der Waals surface area contributed by atoms with E-state index < -0.39 is 15.2 Å². The number of hydrogen-bond donors (Lipinski definition) is 2. The predicted octanol–water partition coefficient (Wildman–Crippen LogP) is 3.49. The van der Waals surface area contributed by atoms with Crippen LogP contribution in [0.1, 0.15) is 36.2 Å². The number of ketones is 1. The summed E-state index contributed by atoms with van der Waals surface area (Å²) in [4.78, 5) is 29.5. The number of nitrogen functional groups attached to an aromatic ring is 1. The molecule has 1 atom stereocenters. The summed E-state index contributed by atoms with van der Waals surface area (Å²) < 4.78 is -0.561. The van der Waals surface area contributed by atoms with Gasteiger partial charge in [-0.25, -0.2) is 0 Å². The zero-order valence-electron chi connectivity index (χ0n) is 13.4. The molecule has 0 fully saturated rings. The molecule has 0 aromatic heterocycles. The number of Topliss-reactive ketones (excluding diaryl/α,β-unsaturated/α-hetero) is 1.